The maximum absolute atomic E-state index is 13.0. The van der Waals surface area contributed by atoms with Crippen molar-refractivity contribution in [3.63, 3.8) is 0 Å². The van der Waals surface area contributed by atoms with Crippen LogP contribution < -0.4 is 5.32 Å². The molecule has 2 saturated carbocycles. The first kappa shape index (κ1) is 27.2. The van der Waals surface area contributed by atoms with Crippen LogP contribution in [0.5, 0.6) is 0 Å². The minimum atomic E-state index is -0.656. The average molecular weight is 504 g/mol. The molecule has 10 radical (unpaired) electrons. The van der Waals surface area contributed by atoms with Crippen LogP contribution in [0.2, 0.25) is 0 Å². The van der Waals surface area contributed by atoms with Gasteiger partial charge in [0.25, 0.3) is 0 Å². The Morgan fingerprint density at radius 3 is 2.09 bits per heavy atom. The van der Waals surface area contributed by atoms with E-state index in [0.717, 1.165) is 22.7 Å². The zero-order chi connectivity index (χ0) is 23.8. The first-order valence-electron chi connectivity index (χ1n) is 11.3. The van der Waals surface area contributed by atoms with Crippen LogP contribution in [0.15, 0.2) is 66.9 Å². The number of nitrogens with one attached hydrogen (secondary N) is 1. The fourth-order valence-corrected chi connectivity index (χ4v) is 3.66. The Labute approximate surface area is 220 Å². The van der Waals surface area contributed by atoms with Gasteiger partial charge in [-0.25, -0.2) is 4.68 Å². The molecule has 1 amide bonds. The van der Waals surface area contributed by atoms with E-state index < -0.39 is 5.54 Å². The molecule has 0 unspecified atom stereocenters. The Bertz CT molecular complexity index is 1020. The van der Waals surface area contributed by atoms with Gasteiger partial charge in [0.15, 0.2) is 0 Å². The van der Waals surface area contributed by atoms with E-state index in [2.05, 4.69) is 27.8 Å². The van der Waals surface area contributed by atoms with Gasteiger partial charge in [0.1, 0.15) is 5.69 Å². The van der Waals surface area contributed by atoms with Gasteiger partial charge in [0, 0.05) is 23.0 Å². The van der Waals surface area contributed by atoms with Crippen molar-refractivity contribution in [3.8, 4) is 0 Å². The molecule has 3 aromatic rings. The number of amides is 1. The normalized spacial score (nSPS) is 16.3. The van der Waals surface area contributed by atoms with E-state index in [1.165, 1.54) is 0 Å². The summed E-state index contributed by atoms with van der Waals surface area (Å²) in [5.74, 6) is 1.45. The second-order valence-electron chi connectivity index (χ2n) is 8.55. The molecule has 1 heterocycles. The number of hydrogen-bond acceptors (Lipinski definition) is 3. The van der Waals surface area contributed by atoms with Crippen molar-refractivity contribution in [1.82, 2.24) is 20.3 Å². The summed E-state index contributed by atoms with van der Waals surface area (Å²) < 4.78 is 1.79. The van der Waals surface area contributed by atoms with Crippen LogP contribution in [0.4, 0.5) is 0 Å². The van der Waals surface area contributed by atoms with Gasteiger partial charge >= 0.3 is 0 Å². The van der Waals surface area contributed by atoms with Crippen LogP contribution in [-0.2, 0) is 33.9 Å². The van der Waals surface area contributed by atoms with Gasteiger partial charge in [-0.2, -0.15) is 0 Å². The maximum atomic E-state index is 13.0. The minimum Gasteiger partial charge on any atom is -0.345 e. The smallest absolute Gasteiger partial charge is 0.229 e. The molecule has 0 bridgehead atoms. The number of rotatable bonds is 6. The van der Waals surface area contributed by atoms with Crippen LogP contribution in [0.1, 0.15) is 30.7 Å². The third kappa shape index (κ3) is 7.52. The van der Waals surface area contributed by atoms with E-state index in [4.69, 9.17) is 0 Å². The van der Waals surface area contributed by atoms with Gasteiger partial charge < -0.3 is 5.32 Å². The third-order valence-electron chi connectivity index (χ3n) is 5.49. The number of benzene rings is 2. The molecule has 0 spiro atoms. The molecule has 0 saturated heterocycles. The predicted octanol–water partition coefficient (Wildman–Crippen LogP) is 4.52. The standard InChI is InChI=1S/C24H23N4O.C5H5.Fe/c1-24(2,22-17-28(27-26-22)16-18-10-5-3-6-11-18)25-23(29)21-15-9-14-20(21)19-12-7-4-8-13-19;1-2-4-5-3-1;/h3-15,17H,16H2,1-2H3,(H,25,29);1-5H;. The second kappa shape index (κ2) is 13.0. The molecule has 2 fully saturated rings. The molecule has 2 aromatic carbocycles. The summed E-state index contributed by atoms with van der Waals surface area (Å²) in [7, 11) is 0. The van der Waals surface area contributed by atoms with Gasteiger partial charge in [-0.3, -0.25) is 4.79 Å². The largest absolute Gasteiger partial charge is 0.345 e. The second-order valence-corrected chi connectivity index (χ2v) is 8.55. The molecule has 1 aromatic heterocycles. The summed E-state index contributed by atoms with van der Waals surface area (Å²) in [6.45, 7) is 4.51. The summed E-state index contributed by atoms with van der Waals surface area (Å²) in [6, 6.07) is 20.0. The SMILES string of the molecule is CC(C)(NC(=O)[C]1[CH][CH][CH][C]1c1ccccc1)c1cn(Cc2ccccc2)nn1.[CH]1[CH][CH][CH][CH]1.[Fe]. The first-order valence-corrected chi connectivity index (χ1v) is 11.3. The first-order chi connectivity index (χ1) is 16.5. The Kier molecular flexibility index (Phi) is 10.1. The third-order valence-corrected chi connectivity index (χ3v) is 5.49. The fraction of sp³-hybridized carbons (Fsp3) is 0.138. The van der Waals surface area contributed by atoms with Crippen LogP contribution in [0, 0.1) is 63.2 Å². The number of carbonyl (C=O) groups is 1. The van der Waals surface area contributed by atoms with E-state index in [0.29, 0.717) is 12.5 Å². The summed E-state index contributed by atoms with van der Waals surface area (Å²) in [5, 5.41) is 11.6. The topological polar surface area (TPSA) is 59.8 Å². The Balaban J connectivity index is 0.000000509. The number of carbonyl (C=O) groups excluding carboxylic acids is 1. The molecular weight excluding hydrogens is 476 g/mol. The minimum absolute atomic E-state index is 0. The van der Waals surface area contributed by atoms with Crippen LogP contribution >= 0.6 is 0 Å². The van der Waals surface area contributed by atoms with Crippen molar-refractivity contribution < 1.29 is 21.9 Å². The average Bonchev–Trinajstić information content (AvgIpc) is 3.64. The van der Waals surface area contributed by atoms with Crippen LogP contribution in [0.25, 0.3) is 0 Å². The van der Waals surface area contributed by atoms with Crippen molar-refractivity contribution in [1.29, 1.82) is 0 Å². The molecule has 5 rings (SSSR count). The molecule has 178 valence electrons. The van der Waals surface area contributed by atoms with Gasteiger partial charge in [-0.05, 0) is 76.3 Å². The molecule has 0 atom stereocenters. The van der Waals surface area contributed by atoms with Gasteiger partial charge in [0.05, 0.1) is 24.2 Å². The molecule has 6 heteroatoms. The van der Waals surface area contributed by atoms with E-state index in [1.807, 2.05) is 120 Å². The molecule has 5 nitrogen and oxygen atoms in total. The number of hydrogen-bond donors (Lipinski definition) is 1. The van der Waals surface area contributed by atoms with Crippen molar-refractivity contribution in [2.75, 3.05) is 0 Å². The molecular formula is C29H28FeN4O. The van der Waals surface area contributed by atoms with E-state index in [9.17, 15) is 4.79 Å². The van der Waals surface area contributed by atoms with Crippen molar-refractivity contribution in [2.24, 2.45) is 0 Å². The molecule has 2 aliphatic carbocycles. The van der Waals surface area contributed by atoms with Crippen LogP contribution in [-0.4, -0.2) is 20.9 Å². The summed E-state index contributed by atoms with van der Waals surface area (Å²) >= 11 is 0. The summed E-state index contributed by atoms with van der Waals surface area (Å²) in [4.78, 5) is 13.0. The van der Waals surface area contributed by atoms with Crippen molar-refractivity contribution in [2.45, 2.75) is 25.9 Å². The van der Waals surface area contributed by atoms with Crippen LogP contribution in [0.3, 0.4) is 0 Å². The molecule has 1 N–H and O–H groups in total. The van der Waals surface area contributed by atoms with Gasteiger partial charge in [-0.15, -0.1) is 5.10 Å². The predicted molar refractivity (Wildman–Crippen MR) is 133 cm³/mol. The molecule has 35 heavy (non-hydrogen) atoms. The summed E-state index contributed by atoms with van der Waals surface area (Å²) in [5.41, 5.74) is 2.23. The Morgan fingerprint density at radius 1 is 0.857 bits per heavy atom. The Hall–Kier alpha value is -2.43. The monoisotopic (exact) mass is 504 g/mol. The van der Waals surface area contributed by atoms with Crippen molar-refractivity contribution >= 4 is 5.91 Å². The quantitative estimate of drug-likeness (QED) is 0.503. The van der Waals surface area contributed by atoms with E-state index in [1.54, 1.807) is 4.68 Å². The summed E-state index contributed by atoms with van der Waals surface area (Å²) in [6.07, 6.45) is 17.6. The molecule has 2 aliphatic rings. The van der Waals surface area contributed by atoms with E-state index in [-0.39, 0.29) is 23.0 Å². The van der Waals surface area contributed by atoms with Gasteiger partial charge in [0.2, 0.25) is 5.91 Å². The fourth-order valence-electron chi connectivity index (χ4n) is 3.66. The van der Waals surface area contributed by atoms with Gasteiger partial charge in [-0.1, -0.05) is 65.9 Å². The zero-order valence-corrected chi connectivity index (χ0v) is 20.9. The number of nitrogens with zero attached hydrogens (tertiary/aromatic N) is 3. The Morgan fingerprint density at radius 2 is 1.46 bits per heavy atom. The number of aromatic nitrogens is 3. The molecule has 0 aliphatic heterocycles. The van der Waals surface area contributed by atoms with E-state index >= 15 is 0 Å². The maximum Gasteiger partial charge on any atom is 0.229 e. The van der Waals surface area contributed by atoms with Crippen molar-refractivity contribution in [3.05, 3.63) is 147 Å². The zero-order valence-electron chi connectivity index (χ0n) is 19.8.